The lowest BCUT2D eigenvalue weighted by molar-refractivity contribution is -0.134. The molecule has 4 rings (SSSR count). The maximum atomic E-state index is 13.1. The van der Waals surface area contributed by atoms with Gasteiger partial charge in [0, 0.05) is 37.0 Å². The van der Waals surface area contributed by atoms with Crippen LogP contribution in [0.15, 0.2) is 53.4 Å². The molecule has 0 N–H and O–H groups in total. The Bertz CT molecular complexity index is 894. The summed E-state index contributed by atoms with van der Waals surface area (Å²) in [5, 5.41) is 0. The molecule has 1 saturated carbocycles. The average Bonchev–Trinajstić information content (AvgIpc) is 3.55. The standard InChI is InChI=1S/C23H25FN2O2S/c1-2-29-21-6-4-3-5-18(21)22(27)25-11-13-26(14-12-25)23(28)20-15-19(20)16-7-9-17(24)10-8-16/h3-10,19-20H,2,11-15H2,1H3. The number of rotatable bonds is 5. The third-order valence-electron chi connectivity index (χ3n) is 5.70. The minimum atomic E-state index is -0.253. The summed E-state index contributed by atoms with van der Waals surface area (Å²) in [6, 6.07) is 14.2. The molecular formula is C23H25FN2O2S. The monoisotopic (exact) mass is 412 g/mol. The number of halogens is 1. The van der Waals surface area contributed by atoms with Gasteiger partial charge in [0.1, 0.15) is 5.82 Å². The third kappa shape index (κ3) is 4.32. The van der Waals surface area contributed by atoms with Crippen LogP contribution in [0.1, 0.15) is 35.2 Å². The van der Waals surface area contributed by atoms with Crippen molar-refractivity contribution >= 4 is 23.6 Å². The van der Waals surface area contributed by atoms with Gasteiger partial charge in [-0.25, -0.2) is 4.39 Å². The van der Waals surface area contributed by atoms with E-state index in [1.807, 2.05) is 34.1 Å². The Morgan fingerprint density at radius 1 is 1.00 bits per heavy atom. The van der Waals surface area contributed by atoms with Gasteiger partial charge in [0.15, 0.2) is 0 Å². The summed E-state index contributed by atoms with van der Waals surface area (Å²) in [4.78, 5) is 30.5. The molecule has 2 aromatic rings. The van der Waals surface area contributed by atoms with Crippen molar-refractivity contribution in [1.29, 1.82) is 0 Å². The first-order valence-electron chi connectivity index (χ1n) is 10.1. The molecule has 2 atom stereocenters. The second kappa shape index (κ2) is 8.57. The Morgan fingerprint density at radius 2 is 1.66 bits per heavy atom. The first kappa shape index (κ1) is 20.0. The lowest BCUT2D eigenvalue weighted by Gasteiger charge is -2.35. The topological polar surface area (TPSA) is 40.6 Å². The highest BCUT2D eigenvalue weighted by Crippen LogP contribution is 2.48. The predicted octanol–water partition coefficient (Wildman–Crippen LogP) is 4.03. The number of hydrogen-bond acceptors (Lipinski definition) is 3. The molecule has 152 valence electrons. The van der Waals surface area contributed by atoms with Crippen molar-refractivity contribution in [2.75, 3.05) is 31.9 Å². The average molecular weight is 413 g/mol. The smallest absolute Gasteiger partial charge is 0.255 e. The van der Waals surface area contributed by atoms with Crippen molar-refractivity contribution in [2.45, 2.75) is 24.2 Å². The highest BCUT2D eigenvalue weighted by Gasteiger charge is 2.46. The second-order valence-electron chi connectivity index (χ2n) is 7.55. The number of nitrogens with zero attached hydrogens (tertiary/aromatic N) is 2. The first-order valence-corrected chi connectivity index (χ1v) is 11.1. The molecule has 2 aromatic carbocycles. The molecule has 2 aliphatic rings. The van der Waals surface area contributed by atoms with Crippen LogP contribution in [-0.4, -0.2) is 53.5 Å². The zero-order chi connectivity index (χ0) is 20.4. The van der Waals surface area contributed by atoms with Crippen LogP contribution in [0.2, 0.25) is 0 Å². The number of thioether (sulfide) groups is 1. The molecule has 2 unspecified atom stereocenters. The van der Waals surface area contributed by atoms with E-state index in [1.165, 1.54) is 12.1 Å². The summed E-state index contributed by atoms with van der Waals surface area (Å²) in [5.74, 6) is 1.06. The van der Waals surface area contributed by atoms with Gasteiger partial charge in [-0.3, -0.25) is 9.59 Å². The summed E-state index contributed by atoms with van der Waals surface area (Å²) in [7, 11) is 0. The van der Waals surface area contributed by atoms with Crippen LogP contribution >= 0.6 is 11.8 Å². The van der Waals surface area contributed by atoms with E-state index in [0.717, 1.165) is 28.2 Å². The van der Waals surface area contributed by atoms with Crippen molar-refractivity contribution in [3.05, 3.63) is 65.5 Å². The largest absolute Gasteiger partial charge is 0.339 e. The summed E-state index contributed by atoms with van der Waals surface area (Å²) >= 11 is 1.68. The highest BCUT2D eigenvalue weighted by atomic mass is 32.2. The predicted molar refractivity (Wildman–Crippen MR) is 113 cm³/mol. The van der Waals surface area contributed by atoms with E-state index in [0.29, 0.717) is 26.2 Å². The lowest BCUT2D eigenvalue weighted by atomic mass is 10.1. The van der Waals surface area contributed by atoms with Crippen LogP contribution in [0.3, 0.4) is 0 Å². The van der Waals surface area contributed by atoms with Crippen molar-refractivity contribution < 1.29 is 14.0 Å². The molecule has 2 amide bonds. The number of carbonyl (C=O) groups excluding carboxylic acids is 2. The van der Waals surface area contributed by atoms with Gasteiger partial charge in [-0.15, -0.1) is 11.8 Å². The molecule has 1 aliphatic heterocycles. The Balaban J connectivity index is 1.33. The van der Waals surface area contributed by atoms with Crippen molar-refractivity contribution in [2.24, 2.45) is 5.92 Å². The van der Waals surface area contributed by atoms with Crippen LogP contribution in [-0.2, 0) is 4.79 Å². The van der Waals surface area contributed by atoms with Crippen molar-refractivity contribution in [3.63, 3.8) is 0 Å². The van der Waals surface area contributed by atoms with Crippen molar-refractivity contribution in [1.82, 2.24) is 9.80 Å². The summed E-state index contributed by atoms with van der Waals surface area (Å²) in [6.45, 7) is 4.33. The lowest BCUT2D eigenvalue weighted by Crippen LogP contribution is -2.51. The minimum Gasteiger partial charge on any atom is -0.339 e. The number of benzene rings is 2. The van der Waals surface area contributed by atoms with Crippen LogP contribution < -0.4 is 0 Å². The molecule has 0 aromatic heterocycles. The molecule has 0 bridgehead atoms. The number of amides is 2. The van der Waals surface area contributed by atoms with Gasteiger partial charge in [0.25, 0.3) is 5.91 Å². The quantitative estimate of drug-likeness (QED) is 0.697. The van der Waals surface area contributed by atoms with E-state index in [2.05, 4.69) is 6.92 Å². The van der Waals surface area contributed by atoms with Gasteiger partial charge in [-0.1, -0.05) is 31.2 Å². The molecular weight excluding hydrogens is 387 g/mol. The van der Waals surface area contributed by atoms with Gasteiger partial charge < -0.3 is 9.80 Å². The Hall–Kier alpha value is -2.34. The Kier molecular flexibility index (Phi) is 5.90. The Labute approximate surface area is 175 Å². The number of hydrogen-bond donors (Lipinski definition) is 0. The zero-order valence-electron chi connectivity index (χ0n) is 16.5. The fourth-order valence-corrected chi connectivity index (χ4v) is 4.80. The second-order valence-corrected chi connectivity index (χ2v) is 8.85. The van der Waals surface area contributed by atoms with Crippen LogP contribution in [0.4, 0.5) is 4.39 Å². The van der Waals surface area contributed by atoms with Gasteiger partial charge in [0.05, 0.1) is 5.56 Å². The molecule has 0 spiro atoms. The molecule has 1 heterocycles. The zero-order valence-corrected chi connectivity index (χ0v) is 17.3. The molecule has 1 saturated heterocycles. The molecule has 6 heteroatoms. The SMILES string of the molecule is CCSc1ccccc1C(=O)N1CCN(C(=O)C2CC2c2ccc(F)cc2)CC1. The van der Waals surface area contributed by atoms with Gasteiger partial charge in [-0.2, -0.15) is 0 Å². The molecule has 2 fully saturated rings. The first-order chi connectivity index (χ1) is 14.1. The third-order valence-corrected chi connectivity index (χ3v) is 6.66. The number of carbonyl (C=O) groups is 2. The normalized spacial score (nSPS) is 21.2. The van der Waals surface area contributed by atoms with E-state index in [1.54, 1.807) is 23.9 Å². The molecule has 4 nitrogen and oxygen atoms in total. The number of piperazine rings is 1. The molecule has 29 heavy (non-hydrogen) atoms. The van der Waals surface area contributed by atoms with Crippen LogP contribution in [0.5, 0.6) is 0 Å². The van der Waals surface area contributed by atoms with E-state index in [-0.39, 0.29) is 29.5 Å². The highest BCUT2D eigenvalue weighted by molar-refractivity contribution is 7.99. The van der Waals surface area contributed by atoms with Crippen LogP contribution in [0, 0.1) is 11.7 Å². The Morgan fingerprint density at radius 3 is 2.34 bits per heavy atom. The summed E-state index contributed by atoms with van der Waals surface area (Å²) < 4.78 is 13.1. The van der Waals surface area contributed by atoms with E-state index >= 15 is 0 Å². The summed E-state index contributed by atoms with van der Waals surface area (Å²) in [5.41, 5.74) is 1.78. The van der Waals surface area contributed by atoms with Crippen LogP contribution in [0.25, 0.3) is 0 Å². The fourth-order valence-electron chi connectivity index (χ4n) is 4.01. The fraction of sp³-hybridized carbons (Fsp3) is 0.391. The van der Waals surface area contributed by atoms with E-state index < -0.39 is 0 Å². The van der Waals surface area contributed by atoms with E-state index in [9.17, 15) is 14.0 Å². The molecule has 1 aliphatic carbocycles. The maximum Gasteiger partial charge on any atom is 0.255 e. The maximum absolute atomic E-state index is 13.1. The van der Waals surface area contributed by atoms with Crippen molar-refractivity contribution in [3.8, 4) is 0 Å². The summed E-state index contributed by atoms with van der Waals surface area (Å²) in [6.07, 6.45) is 0.825. The van der Waals surface area contributed by atoms with Gasteiger partial charge in [0.2, 0.25) is 5.91 Å². The van der Waals surface area contributed by atoms with E-state index in [4.69, 9.17) is 0 Å². The molecule has 0 radical (unpaired) electrons. The van der Waals surface area contributed by atoms with Gasteiger partial charge in [-0.05, 0) is 47.9 Å². The van der Waals surface area contributed by atoms with Gasteiger partial charge >= 0.3 is 0 Å². The minimum absolute atomic E-state index is 0.00982.